The van der Waals surface area contributed by atoms with E-state index in [0.29, 0.717) is 0 Å². The molecule has 0 aromatic heterocycles. The van der Waals surface area contributed by atoms with Crippen LogP contribution in [0.25, 0.3) is 0 Å². The van der Waals surface area contributed by atoms with E-state index in [0.717, 1.165) is 27.3 Å². The second-order valence-electron chi connectivity index (χ2n) is 7.36. The van der Waals surface area contributed by atoms with E-state index >= 15 is 0 Å². The minimum atomic E-state index is -3.66. The Labute approximate surface area is 177 Å². The van der Waals surface area contributed by atoms with Crippen molar-refractivity contribution in [3.8, 4) is 0 Å². The number of anilines is 1. The molecule has 2 aromatic carbocycles. The van der Waals surface area contributed by atoms with Crippen molar-refractivity contribution in [2.75, 3.05) is 17.1 Å². The van der Waals surface area contributed by atoms with Crippen LogP contribution in [0.15, 0.2) is 42.5 Å². The van der Waals surface area contributed by atoms with Gasteiger partial charge in [-0.3, -0.25) is 19.2 Å². The molecular weight excluding hydrogens is 406 g/mol. The molecule has 162 valence electrons. The number of sulfonamides is 1. The fraction of sp³-hybridized carbons (Fsp3) is 0.381. The summed E-state index contributed by atoms with van der Waals surface area (Å²) in [7, 11) is -3.66. The minimum absolute atomic E-state index is 0.0469. The summed E-state index contributed by atoms with van der Waals surface area (Å²) in [5, 5.41) is 13.9. The smallest absolute Gasteiger partial charge is 0.271 e. The molecule has 9 heteroatoms. The molecule has 0 aliphatic rings. The Balaban J connectivity index is 2.01. The third kappa shape index (κ3) is 6.28. The number of aryl methyl sites for hydroxylation is 2. The van der Waals surface area contributed by atoms with Gasteiger partial charge in [0, 0.05) is 25.1 Å². The van der Waals surface area contributed by atoms with Gasteiger partial charge in [-0.15, -0.1) is 0 Å². The van der Waals surface area contributed by atoms with Gasteiger partial charge in [0.1, 0.15) is 0 Å². The van der Waals surface area contributed by atoms with E-state index in [1.807, 2.05) is 39.0 Å². The van der Waals surface area contributed by atoms with Crippen molar-refractivity contribution in [3.05, 3.63) is 69.3 Å². The van der Waals surface area contributed by atoms with Gasteiger partial charge >= 0.3 is 0 Å². The van der Waals surface area contributed by atoms with Gasteiger partial charge < -0.3 is 5.32 Å². The first-order valence-corrected chi connectivity index (χ1v) is 11.4. The second kappa shape index (κ2) is 9.71. The summed E-state index contributed by atoms with van der Waals surface area (Å²) in [6, 6.07) is 11.3. The zero-order valence-electron chi connectivity index (χ0n) is 17.6. The van der Waals surface area contributed by atoms with Crippen LogP contribution in [0.2, 0.25) is 0 Å². The maximum Gasteiger partial charge on any atom is 0.271 e. The van der Waals surface area contributed by atoms with Gasteiger partial charge in [-0.05, 0) is 44.4 Å². The molecule has 0 radical (unpaired) electrons. The van der Waals surface area contributed by atoms with Crippen LogP contribution in [-0.4, -0.2) is 32.0 Å². The van der Waals surface area contributed by atoms with E-state index in [2.05, 4.69) is 5.32 Å². The van der Waals surface area contributed by atoms with Gasteiger partial charge in [0.25, 0.3) is 5.69 Å². The van der Waals surface area contributed by atoms with Crippen molar-refractivity contribution in [1.29, 1.82) is 0 Å². The van der Waals surface area contributed by atoms with Crippen LogP contribution in [0.1, 0.15) is 42.5 Å². The summed E-state index contributed by atoms with van der Waals surface area (Å²) in [5.41, 5.74) is 3.24. The molecule has 0 bridgehead atoms. The summed E-state index contributed by atoms with van der Waals surface area (Å²) in [5.74, 6) is -0.184. The Hall–Kier alpha value is -2.94. The topological polar surface area (TPSA) is 110 Å². The van der Waals surface area contributed by atoms with Gasteiger partial charge in [-0.25, -0.2) is 8.42 Å². The van der Waals surface area contributed by atoms with Gasteiger partial charge in [0.15, 0.2) is 0 Å². The van der Waals surface area contributed by atoms with Gasteiger partial charge in [-0.1, -0.05) is 29.8 Å². The summed E-state index contributed by atoms with van der Waals surface area (Å²) in [4.78, 5) is 22.8. The summed E-state index contributed by atoms with van der Waals surface area (Å²) < 4.78 is 25.4. The highest BCUT2D eigenvalue weighted by molar-refractivity contribution is 7.92. The number of benzene rings is 2. The lowest BCUT2D eigenvalue weighted by Gasteiger charge is -2.22. The average Bonchev–Trinajstić information content (AvgIpc) is 2.66. The summed E-state index contributed by atoms with van der Waals surface area (Å²) >= 11 is 0. The monoisotopic (exact) mass is 433 g/mol. The molecule has 30 heavy (non-hydrogen) atoms. The zero-order valence-corrected chi connectivity index (χ0v) is 18.4. The van der Waals surface area contributed by atoms with E-state index in [1.54, 1.807) is 0 Å². The van der Waals surface area contributed by atoms with Crippen molar-refractivity contribution in [2.45, 2.75) is 39.7 Å². The molecule has 0 aliphatic carbocycles. The molecule has 1 amide bonds. The number of hydrogen-bond donors (Lipinski definition) is 1. The van der Waals surface area contributed by atoms with Crippen molar-refractivity contribution < 1.29 is 18.1 Å². The second-order valence-corrected chi connectivity index (χ2v) is 9.27. The Morgan fingerprint density at radius 2 is 1.90 bits per heavy atom. The Morgan fingerprint density at radius 1 is 1.20 bits per heavy atom. The number of non-ortho nitro benzene ring substituents is 1. The lowest BCUT2D eigenvalue weighted by atomic mass is 10.00. The molecule has 1 N–H and O–H groups in total. The molecule has 0 unspecified atom stereocenters. The van der Waals surface area contributed by atoms with E-state index in [9.17, 15) is 23.3 Å². The Morgan fingerprint density at radius 3 is 2.53 bits per heavy atom. The van der Waals surface area contributed by atoms with Gasteiger partial charge in [-0.2, -0.15) is 0 Å². The molecule has 0 saturated carbocycles. The van der Waals surface area contributed by atoms with Crippen LogP contribution in [0, 0.1) is 24.0 Å². The zero-order chi connectivity index (χ0) is 22.5. The number of carbonyl (C=O) groups excluding carboxylic acids is 1. The predicted molar refractivity (Wildman–Crippen MR) is 117 cm³/mol. The van der Waals surface area contributed by atoms with Gasteiger partial charge in [0.05, 0.1) is 22.9 Å². The number of carbonyl (C=O) groups is 1. The number of amides is 1. The highest BCUT2D eigenvalue weighted by Crippen LogP contribution is 2.24. The number of hydrogen-bond acceptors (Lipinski definition) is 5. The molecule has 2 aromatic rings. The molecule has 0 heterocycles. The quantitative estimate of drug-likeness (QED) is 0.480. The molecule has 0 spiro atoms. The molecule has 1 atom stereocenters. The molecule has 0 saturated heterocycles. The largest absolute Gasteiger partial charge is 0.350 e. The molecule has 0 fully saturated rings. The first-order valence-electron chi connectivity index (χ1n) is 9.57. The Bertz CT molecular complexity index is 1040. The van der Waals surface area contributed by atoms with Crippen LogP contribution in [-0.2, 0) is 14.8 Å². The first-order chi connectivity index (χ1) is 14.0. The van der Waals surface area contributed by atoms with Crippen molar-refractivity contribution in [1.82, 2.24) is 5.32 Å². The number of nitro groups is 1. The third-order valence-corrected chi connectivity index (χ3v) is 5.97. The number of nitrogens with one attached hydrogen (secondary N) is 1. The van der Waals surface area contributed by atoms with E-state index in [4.69, 9.17) is 0 Å². The van der Waals surface area contributed by atoms with Crippen LogP contribution < -0.4 is 9.62 Å². The lowest BCUT2D eigenvalue weighted by Crippen LogP contribution is -2.32. The van der Waals surface area contributed by atoms with E-state index in [1.165, 1.54) is 24.3 Å². The average molecular weight is 434 g/mol. The van der Waals surface area contributed by atoms with Crippen LogP contribution >= 0.6 is 0 Å². The van der Waals surface area contributed by atoms with Crippen LogP contribution in [0.5, 0.6) is 0 Å². The molecular formula is C21H27N3O5S. The maximum absolute atomic E-state index is 12.4. The fourth-order valence-corrected chi connectivity index (χ4v) is 4.21. The number of rotatable bonds is 9. The van der Waals surface area contributed by atoms with Crippen LogP contribution in [0.3, 0.4) is 0 Å². The molecule has 8 nitrogen and oxygen atoms in total. The summed E-state index contributed by atoms with van der Waals surface area (Å²) in [6.45, 7) is 5.93. The van der Waals surface area contributed by atoms with Crippen molar-refractivity contribution in [2.24, 2.45) is 0 Å². The SMILES string of the molecule is Cc1ccc(C)c([C@@H](C)NC(=O)CCCN(c2cccc([N+](=O)[O-])c2)S(C)(=O)=O)c1. The third-order valence-electron chi connectivity index (χ3n) is 4.77. The number of nitro benzene ring substituents is 1. The molecule has 0 aliphatic heterocycles. The highest BCUT2D eigenvalue weighted by Gasteiger charge is 2.20. The number of nitrogens with zero attached hydrogens (tertiary/aromatic N) is 2. The van der Waals surface area contributed by atoms with Crippen molar-refractivity contribution >= 4 is 27.3 Å². The minimum Gasteiger partial charge on any atom is -0.350 e. The van der Waals surface area contributed by atoms with E-state index in [-0.39, 0.29) is 42.7 Å². The van der Waals surface area contributed by atoms with Crippen LogP contribution in [0.4, 0.5) is 11.4 Å². The predicted octanol–water partition coefficient (Wildman–Crippen LogP) is 3.64. The highest BCUT2D eigenvalue weighted by atomic mass is 32.2. The normalized spacial score (nSPS) is 12.3. The standard InChI is InChI=1S/C21H27N3O5S/c1-15-10-11-16(2)20(13-15)17(3)22-21(25)9-6-12-23(30(4,28)29)18-7-5-8-19(14-18)24(26)27/h5,7-8,10-11,13-14,17H,6,9,12H2,1-4H3,(H,22,25)/t17-/m1/s1. The lowest BCUT2D eigenvalue weighted by molar-refractivity contribution is -0.384. The summed E-state index contributed by atoms with van der Waals surface area (Å²) in [6.07, 6.45) is 1.45. The Kier molecular flexibility index (Phi) is 7.55. The van der Waals surface area contributed by atoms with Gasteiger partial charge in [0.2, 0.25) is 15.9 Å². The first kappa shape index (κ1) is 23.3. The fourth-order valence-electron chi connectivity index (χ4n) is 3.25. The molecule has 2 rings (SSSR count). The maximum atomic E-state index is 12.4. The van der Waals surface area contributed by atoms with E-state index < -0.39 is 14.9 Å². The van der Waals surface area contributed by atoms with Crippen molar-refractivity contribution in [3.63, 3.8) is 0 Å².